The summed E-state index contributed by atoms with van der Waals surface area (Å²) in [6, 6.07) is 18.6. The van der Waals surface area contributed by atoms with Crippen LogP contribution >= 0.6 is 0 Å². The Labute approximate surface area is 198 Å². The second-order valence-corrected chi connectivity index (χ2v) is 8.57. The third kappa shape index (κ3) is 5.85. The van der Waals surface area contributed by atoms with E-state index in [2.05, 4.69) is 16.3 Å². The number of carbonyl (C=O) groups excluding carboxylic acids is 1. The number of nitrogens with one attached hydrogen (secondary N) is 1. The van der Waals surface area contributed by atoms with Crippen molar-refractivity contribution in [1.82, 2.24) is 15.1 Å². The van der Waals surface area contributed by atoms with E-state index in [4.69, 9.17) is 4.99 Å². The van der Waals surface area contributed by atoms with Crippen LogP contribution in [0.1, 0.15) is 27.0 Å². The lowest BCUT2D eigenvalue weighted by atomic mass is 10.1. The van der Waals surface area contributed by atoms with Crippen LogP contribution < -0.4 is 5.32 Å². The first kappa shape index (κ1) is 23.6. The molecule has 0 radical (unpaired) electrons. The summed E-state index contributed by atoms with van der Waals surface area (Å²) in [5.41, 5.74) is 3.47. The highest BCUT2D eigenvalue weighted by Crippen LogP contribution is 2.19. The van der Waals surface area contributed by atoms with Gasteiger partial charge in [0.25, 0.3) is 5.91 Å². The predicted octanol–water partition coefficient (Wildman–Crippen LogP) is 4.82. The van der Waals surface area contributed by atoms with Crippen LogP contribution in [0.2, 0.25) is 0 Å². The first-order valence-corrected chi connectivity index (χ1v) is 11.3. The zero-order chi connectivity index (χ0) is 24.1. The highest BCUT2D eigenvalue weighted by molar-refractivity contribution is 6.06. The molecule has 1 amide bonds. The molecule has 1 aliphatic rings. The zero-order valence-electron chi connectivity index (χ0n) is 19.4. The molecule has 34 heavy (non-hydrogen) atoms. The molecule has 1 fully saturated rings. The van der Waals surface area contributed by atoms with Gasteiger partial charge < -0.3 is 4.90 Å². The second-order valence-electron chi connectivity index (χ2n) is 8.57. The van der Waals surface area contributed by atoms with Crippen molar-refractivity contribution in [2.24, 2.45) is 4.99 Å². The van der Waals surface area contributed by atoms with Gasteiger partial charge in [0.2, 0.25) is 5.96 Å². The summed E-state index contributed by atoms with van der Waals surface area (Å²) in [7, 11) is 0. The van der Waals surface area contributed by atoms with E-state index in [9.17, 15) is 13.6 Å². The standard InChI is InChI=1S/C27H28F2N4O/c1-19-15-20(2)17-22(16-19)30-27(31-26(34)23-8-4-6-10-25(23)29)33-13-11-32(12-14-33)18-21-7-3-5-9-24(21)28/h3-10,15-17H,11-14,18H2,1-2H3,(H,30,31,34). The number of amides is 1. The summed E-state index contributed by atoms with van der Waals surface area (Å²) in [6.45, 7) is 7.04. The number of benzene rings is 3. The molecule has 0 aromatic heterocycles. The highest BCUT2D eigenvalue weighted by atomic mass is 19.1. The van der Waals surface area contributed by atoms with Crippen LogP contribution in [0.25, 0.3) is 0 Å². The average Bonchev–Trinajstić information content (AvgIpc) is 2.80. The Bertz CT molecular complexity index is 1180. The minimum Gasteiger partial charge on any atom is -0.340 e. The summed E-state index contributed by atoms with van der Waals surface area (Å²) >= 11 is 0. The van der Waals surface area contributed by atoms with Crippen molar-refractivity contribution in [3.63, 3.8) is 0 Å². The van der Waals surface area contributed by atoms with Crippen LogP contribution in [0, 0.1) is 25.5 Å². The summed E-state index contributed by atoms with van der Waals surface area (Å²) < 4.78 is 28.3. The van der Waals surface area contributed by atoms with Crippen molar-refractivity contribution in [2.75, 3.05) is 26.2 Å². The summed E-state index contributed by atoms with van der Waals surface area (Å²) in [5, 5.41) is 2.82. The Balaban J connectivity index is 1.53. The summed E-state index contributed by atoms with van der Waals surface area (Å²) in [4.78, 5) is 21.8. The molecule has 4 rings (SSSR count). The second kappa shape index (κ2) is 10.6. The maximum absolute atomic E-state index is 14.2. The lowest BCUT2D eigenvalue weighted by molar-refractivity contribution is 0.0963. The van der Waals surface area contributed by atoms with Crippen molar-refractivity contribution in [2.45, 2.75) is 20.4 Å². The average molecular weight is 463 g/mol. The summed E-state index contributed by atoms with van der Waals surface area (Å²) in [5.74, 6) is -0.960. The Morgan fingerprint density at radius 2 is 1.50 bits per heavy atom. The normalized spacial score (nSPS) is 14.8. The van der Waals surface area contributed by atoms with Gasteiger partial charge in [-0.25, -0.2) is 13.8 Å². The number of guanidine groups is 1. The van der Waals surface area contributed by atoms with Crippen LogP contribution in [0.4, 0.5) is 14.5 Å². The predicted molar refractivity (Wildman–Crippen MR) is 130 cm³/mol. The molecule has 0 spiro atoms. The van der Waals surface area contributed by atoms with E-state index in [-0.39, 0.29) is 11.4 Å². The first-order chi connectivity index (χ1) is 16.4. The molecule has 1 heterocycles. The maximum atomic E-state index is 14.2. The van der Waals surface area contributed by atoms with E-state index < -0.39 is 11.7 Å². The molecule has 3 aromatic rings. The Hall–Kier alpha value is -3.58. The van der Waals surface area contributed by atoms with Gasteiger partial charge in [-0.1, -0.05) is 36.4 Å². The third-order valence-electron chi connectivity index (χ3n) is 5.81. The van der Waals surface area contributed by atoms with E-state index >= 15 is 0 Å². The van der Waals surface area contributed by atoms with Crippen LogP contribution in [-0.4, -0.2) is 47.8 Å². The molecular formula is C27H28F2N4O. The fourth-order valence-corrected chi connectivity index (χ4v) is 4.11. The highest BCUT2D eigenvalue weighted by Gasteiger charge is 2.23. The van der Waals surface area contributed by atoms with Gasteiger partial charge in [-0.3, -0.25) is 15.0 Å². The smallest absolute Gasteiger partial charge is 0.260 e. The van der Waals surface area contributed by atoms with Crippen molar-refractivity contribution >= 4 is 17.6 Å². The Morgan fingerprint density at radius 1 is 0.882 bits per heavy atom. The molecular weight excluding hydrogens is 434 g/mol. The molecule has 0 aliphatic carbocycles. The van der Waals surface area contributed by atoms with Gasteiger partial charge in [0.05, 0.1) is 11.3 Å². The fraction of sp³-hybridized carbons (Fsp3) is 0.259. The number of aliphatic imine (C=N–C) groups is 1. The number of halogens is 2. The van der Waals surface area contributed by atoms with Gasteiger partial charge >= 0.3 is 0 Å². The van der Waals surface area contributed by atoms with Crippen LogP contribution in [-0.2, 0) is 6.54 Å². The van der Waals surface area contributed by atoms with Gasteiger partial charge in [-0.15, -0.1) is 0 Å². The van der Waals surface area contributed by atoms with E-state index in [1.165, 1.54) is 18.2 Å². The molecule has 0 unspecified atom stereocenters. The SMILES string of the molecule is Cc1cc(C)cc(N=C(NC(=O)c2ccccc2F)N2CCN(Cc3ccccc3F)CC2)c1. The van der Waals surface area contributed by atoms with Gasteiger partial charge in [0.1, 0.15) is 11.6 Å². The van der Waals surface area contributed by atoms with E-state index in [1.807, 2.05) is 36.9 Å². The van der Waals surface area contributed by atoms with Crippen molar-refractivity contribution < 1.29 is 13.6 Å². The fourth-order valence-electron chi connectivity index (χ4n) is 4.11. The molecule has 0 bridgehead atoms. The van der Waals surface area contributed by atoms with Crippen LogP contribution in [0.3, 0.4) is 0 Å². The molecule has 176 valence electrons. The Kier molecular flexibility index (Phi) is 7.33. The molecule has 7 heteroatoms. The third-order valence-corrected chi connectivity index (χ3v) is 5.81. The van der Waals surface area contributed by atoms with Crippen molar-refractivity contribution in [3.05, 3.63) is 101 Å². The lowest BCUT2D eigenvalue weighted by Gasteiger charge is -2.36. The number of rotatable bonds is 4. The Morgan fingerprint density at radius 3 is 2.15 bits per heavy atom. The monoisotopic (exact) mass is 462 g/mol. The molecule has 1 aliphatic heterocycles. The molecule has 0 atom stereocenters. The molecule has 5 nitrogen and oxygen atoms in total. The quantitative estimate of drug-likeness (QED) is 0.447. The van der Waals surface area contributed by atoms with Crippen LogP contribution in [0.5, 0.6) is 0 Å². The minimum atomic E-state index is -0.583. The number of aryl methyl sites for hydroxylation is 2. The van der Waals surface area contributed by atoms with Gasteiger partial charge in [-0.2, -0.15) is 0 Å². The van der Waals surface area contributed by atoms with E-state index in [1.54, 1.807) is 24.3 Å². The molecule has 1 saturated heterocycles. The van der Waals surface area contributed by atoms with Gasteiger partial charge in [0.15, 0.2) is 0 Å². The van der Waals surface area contributed by atoms with Crippen LogP contribution in [0.15, 0.2) is 71.7 Å². The lowest BCUT2D eigenvalue weighted by Crippen LogP contribution is -2.53. The number of piperazine rings is 1. The van der Waals surface area contributed by atoms with Gasteiger partial charge in [-0.05, 0) is 55.3 Å². The number of carbonyl (C=O) groups is 1. The van der Waals surface area contributed by atoms with E-state index in [0.717, 1.165) is 16.8 Å². The largest absolute Gasteiger partial charge is 0.340 e. The number of nitrogens with zero attached hydrogens (tertiary/aromatic N) is 3. The maximum Gasteiger partial charge on any atom is 0.260 e. The summed E-state index contributed by atoms with van der Waals surface area (Å²) in [6.07, 6.45) is 0. The molecule has 3 aromatic carbocycles. The topological polar surface area (TPSA) is 47.9 Å². The minimum absolute atomic E-state index is 0.0335. The number of hydrogen-bond acceptors (Lipinski definition) is 3. The van der Waals surface area contributed by atoms with Crippen molar-refractivity contribution in [1.29, 1.82) is 0 Å². The zero-order valence-corrected chi connectivity index (χ0v) is 19.4. The molecule has 0 saturated carbocycles. The van der Waals surface area contributed by atoms with E-state index in [0.29, 0.717) is 44.2 Å². The van der Waals surface area contributed by atoms with Crippen molar-refractivity contribution in [3.8, 4) is 0 Å². The first-order valence-electron chi connectivity index (χ1n) is 11.3. The number of hydrogen-bond donors (Lipinski definition) is 1. The van der Waals surface area contributed by atoms with Gasteiger partial charge in [0, 0.05) is 38.3 Å². The molecule has 1 N–H and O–H groups in total.